The Labute approximate surface area is 190 Å². The van der Waals surface area contributed by atoms with Gasteiger partial charge in [0.2, 0.25) is 0 Å². The molecule has 0 spiro atoms. The third-order valence-electron chi connectivity index (χ3n) is 6.86. The van der Waals surface area contributed by atoms with Crippen molar-refractivity contribution in [2.45, 2.75) is 12.1 Å². The number of rotatable bonds is 2. The van der Waals surface area contributed by atoms with Crippen LogP contribution in [0.4, 0.5) is 0 Å². The third-order valence-corrected chi connectivity index (χ3v) is 6.86. The molecule has 0 bridgehead atoms. The molecule has 6 rings (SSSR count). The first-order valence-electron chi connectivity index (χ1n) is 11.2. The van der Waals surface area contributed by atoms with E-state index in [1.807, 2.05) is 0 Å². The fourth-order valence-electron chi connectivity index (χ4n) is 5.37. The fourth-order valence-corrected chi connectivity index (χ4v) is 5.37. The van der Waals surface area contributed by atoms with Crippen molar-refractivity contribution in [3.8, 4) is 0 Å². The molecule has 0 saturated heterocycles. The second-order valence-corrected chi connectivity index (χ2v) is 8.65. The monoisotopic (exact) mass is 411 g/mol. The highest BCUT2D eigenvalue weighted by Crippen LogP contribution is 2.44. The largest absolute Gasteiger partial charge is 0.284 e. The third kappa shape index (κ3) is 3.05. The van der Waals surface area contributed by atoms with Crippen molar-refractivity contribution < 1.29 is 0 Å². The summed E-state index contributed by atoms with van der Waals surface area (Å²) in [7, 11) is 2.28. The van der Waals surface area contributed by atoms with Crippen LogP contribution >= 0.6 is 0 Å². The van der Waals surface area contributed by atoms with E-state index in [0.717, 1.165) is 0 Å². The number of hydrogen-bond donors (Lipinski definition) is 0. The minimum atomic E-state index is 0.140. The van der Waals surface area contributed by atoms with Crippen LogP contribution < -0.4 is 0 Å². The fraction of sp³-hybridized carbons (Fsp3) is 0.0968. The predicted molar refractivity (Wildman–Crippen MR) is 135 cm³/mol. The van der Waals surface area contributed by atoms with Gasteiger partial charge < -0.3 is 0 Å². The van der Waals surface area contributed by atoms with E-state index in [0.29, 0.717) is 0 Å². The molecular weight excluding hydrogens is 386 g/mol. The first-order valence-corrected chi connectivity index (χ1v) is 11.2. The first kappa shape index (κ1) is 19.0. The lowest BCUT2D eigenvalue weighted by atomic mass is 9.87. The van der Waals surface area contributed by atoms with Gasteiger partial charge in [0, 0.05) is 0 Å². The maximum absolute atomic E-state index is 2.56. The summed E-state index contributed by atoms with van der Waals surface area (Å²) in [5.74, 6) is 0. The smallest absolute Gasteiger partial charge is 0.0618 e. The SMILES string of the molecule is CN(C1c2ccccc2C=Cc2ccccc21)C1c2ccccc2C=Cc2ccccc21. The van der Waals surface area contributed by atoms with E-state index in [4.69, 9.17) is 0 Å². The molecule has 0 fully saturated rings. The molecule has 2 aliphatic rings. The molecule has 2 aliphatic carbocycles. The molecule has 0 amide bonds. The van der Waals surface area contributed by atoms with E-state index in [9.17, 15) is 0 Å². The van der Waals surface area contributed by atoms with Gasteiger partial charge in [-0.2, -0.15) is 0 Å². The van der Waals surface area contributed by atoms with E-state index in [-0.39, 0.29) is 12.1 Å². The molecule has 0 saturated carbocycles. The molecule has 4 aromatic rings. The van der Waals surface area contributed by atoms with Crippen LogP contribution in [-0.2, 0) is 0 Å². The number of benzene rings is 4. The van der Waals surface area contributed by atoms with Crippen LogP contribution in [0.15, 0.2) is 97.1 Å². The zero-order chi connectivity index (χ0) is 21.5. The summed E-state index contributed by atoms with van der Waals surface area (Å²) in [5.41, 5.74) is 10.5. The lowest BCUT2D eigenvalue weighted by Crippen LogP contribution is -2.32. The van der Waals surface area contributed by atoms with Crippen molar-refractivity contribution >= 4 is 24.3 Å². The quantitative estimate of drug-likeness (QED) is 0.331. The molecule has 32 heavy (non-hydrogen) atoms. The van der Waals surface area contributed by atoms with Gasteiger partial charge in [0.15, 0.2) is 0 Å². The maximum atomic E-state index is 2.56. The summed E-state index contributed by atoms with van der Waals surface area (Å²) in [6, 6.07) is 35.6. The Kier molecular flexibility index (Phi) is 4.63. The van der Waals surface area contributed by atoms with Gasteiger partial charge in [-0.25, -0.2) is 0 Å². The van der Waals surface area contributed by atoms with Gasteiger partial charge in [-0.1, -0.05) is 121 Å². The summed E-state index contributed by atoms with van der Waals surface area (Å²) >= 11 is 0. The Morgan fingerprint density at radius 2 is 0.656 bits per heavy atom. The van der Waals surface area contributed by atoms with Gasteiger partial charge in [-0.3, -0.25) is 4.90 Å². The van der Waals surface area contributed by atoms with Crippen molar-refractivity contribution in [1.82, 2.24) is 4.90 Å². The molecule has 0 aliphatic heterocycles. The van der Waals surface area contributed by atoms with Gasteiger partial charge >= 0.3 is 0 Å². The molecule has 0 atom stereocenters. The van der Waals surface area contributed by atoms with Gasteiger partial charge in [0.25, 0.3) is 0 Å². The van der Waals surface area contributed by atoms with E-state index in [1.54, 1.807) is 0 Å². The summed E-state index contributed by atoms with van der Waals surface area (Å²) in [6.45, 7) is 0. The summed E-state index contributed by atoms with van der Waals surface area (Å²) in [4.78, 5) is 2.56. The number of nitrogens with zero attached hydrogens (tertiary/aromatic N) is 1. The molecule has 1 heteroatoms. The van der Waals surface area contributed by atoms with E-state index in [2.05, 4.69) is 133 Å². The van der Waals surface area contributed by atoms with Crippen molar-refractivity contribution in [2.75, 3.05) is 7.05 Å². The topological polar surface area (TPSA) is 3.24 Å². The summed E-state index contributed by atoms with van der Waals surface area (Å²) in [6.07, 6.45) is 9.05. The second kappa shape index (κ2) is 7.78. The average molecular weight is 412 g/mol. The van der Waals surface area contributed by atoms with Crippen molar-refractivity contribution in [3.05, 3.63) is 142 Å². The second-order valence-electron chi connectivity index (χ2n) is 8.65. The Balaban J connectivity index is 1.60. The maximum Gasteiger partial charge on any atom is 0.0618 e. The zero-order valence-corrected chi connectivity index (χ0v) is 18.1. The predicted octanol–water partition coefficient (Wildman–Crippen LogP) is 7.47. The molecule has 154 valence electrons. The van der Waals surface area contributed by atoms with E-state index in [1.165, 1.54) is 44.5 Å². The standard InChI is InChI=1S/C31H25N/c1-32(30-26-14-6-2-10-22(26)18-19-23-11-3-7-15-27(23)30)31-28-16-8-4-12-24(28)20-21-25-13-5-9-17-29(25)31/h2-21,30-31H,1H3. The Bertz CT molecular complexity index is 1160. The van der Waals surface area contributed by atoms with Crippen LogP contribution in [0.1, 0.15) is 56.6 Å². The highest BCUT2D eigenvalue weighted by molar-refractivity contribution is 5.78. The Hall–Kier alpha value is -3.68. The molecule has 0 heterocycles. The van der Waals surface area contributed by atoms with Crippen LogP contribution in [0.2, 0.25) is 0 Å². The number of hydrogen-bond acceptors (Lipinski definition) is 1. The van der Waals surface area contributed by atoms with Gasteiger partial charge in [-0.05, 0) is 51.6 Å². The minimum absolute atomic E-state index is 0.140. The van der Waals surface area contributed by atoms with Crippen LogP contribution in [0.3, 0.4) is 0 Å². The van der Waals surface area contributed by atoms with Crippen molar-refractivity contribution in [3.63, 3.8) is 0 Å². The molecule has 0 aromatic heterocycles. The number of fused-ring (bicyclic) bond motifs is 4. The molecule has 0 N–H and O–H groups in total. The molecular formula is C31H25N. The van der Waals surface area contributed by atoms with Gasteiger partial charge in [0.1, 0.15) is 0 Å². The normalized spacial score (nSPS) is 14.8. The molecule has 1 nitrogen and oxygen atoms in total. The highest BCUT2D eigenvalue weighted by Gasteiger charge is 2.33. The molecule has 0 unspecified atom stereocenters. The van der Waals surface area contributed by atoms with Gasteiger partial charge in [-0.15, -0.1) is 0 Å². The first-order chi connectivity index (χ1) is 15.8. The average Bonchev–Trinajstić information content (AvgIpc) is 3.12. The highest BCUT2D eigenvalue weighted by atomic mass is 15.2. The zero-order valence-electron chi connectivity index (χ0n) is 18.1. The van der Waals surface area contributed by atoms with Gasteiger partial charge in [0.05, 0.1) is 12.1 Å². The Morgan fingerprint density at radius 3 is 0.938 bits per heavy atom. The van der Waals surface area contributed by atoms with Crippen molar-refractivity contribution in [2.24, 2.45) is 0 Å². The van der Waals surface area contributed by atoms with Crippen LogP contribution in [-0.4, -0.2) is 11.9 Å². The van der Waals surface area contributed by atoms with Crippen LogP contribution in [0.5, 0.6) is 0 Å². The summed E-state index contributed by atoms with van der Waals surface area (Å²) in [5, 5.41) is 0. The summed E-state index contributed by atoms with van der Waals surface area (Å²) < 4.78 is 0. The minimum Gasteiger partial charge on any atom is -0.284 e. The van der Waals surface area contributed by atoms with E-state index < -0.39 is 0 Å². The van der Waals surface area contributed by atoms with Crippen molar-refractivity contribution in [1.29, 1.82) is 0 Å². The van der Waals surface area contributed by atoms with E-state index >= 15 is 0 Å². The lowest BCUT2D eigenvalue weighted by molar-refractivity contribution is 0.228. The molecule has 4 aromatic carbocycles. The Morgan fingerprint density at radius 1 is 0.406 bits per heavy atom. The molecule has 0 radical (unpaired) electrons. The van der Waals surface area contributed by atoms with Crippen LogP contribution in [0, 0.1) is 0 Å². The van der Waals surface area contributed by atoms with Crippen LogP contribution in [0.25, 0.3) is 24.3 Å². The lowest BCUT2D eigenvalue weighted by Gasteiger charge is -2.38.